The van der Waals surface area contributed by atoms with E-state index < -0.39 is 60.6 Å². The van der Waals surface area contributed by atoms with Crippen LogP contribution in [0, 0.1) is 5.92 Å². The van der Waals surface area contributed by atoms with Gasteiger partial charge in [0.25, 0.3) is 0 Å². The molecule has 2 bridgehead atoms. The normalized spacial score (nSPS) is 39.4. The van der Waals surface area contributed by atoms with Crippen LogP contribution in [0.5, 0.6) is 0 Å². The minimum atomic E-state index is -1.06. The summed E-state index contributed by atoms with van der Waals surface area (Å²) in [6.07, 6.45) is -5.82. The number of fused-ring (bicyclic) bond motifs is 2. The molecule has 1 N–H and O–H groups in total. The molecule has 0 radical (unpaired) electrons. The molecule has 3 aliphatic heterocycles. The number of carbonyl (C=O) groups excluding carboxylic acids is 3. The Balaban J connectivity index is 1.58. The Morgan fingerprint density at radius 3 is 2.08 bits per heavy atom. The number of aliphatic hydroxyl groups excluding tert-OH is 1. The summed E-state index contributed by atoms with van der Waals surface area (Å²) < 4.78 is 30.0. The van der Waals surface area contributed by atoms with E-state index in [0.717, 1.165) is 0 Å². The zero-order valence-electron chi connectivity index (χ0n) is 20.4. The van der Waals surface area contributed by atoms with Gasteiger partial charge in [0.2, 0.25) is 0 Å². The summed E-state index contributed by atoms with van der Waals surface area (Å²) in [5.74, 6) is -2.12. The first kappa shape index (κ1) is 27.4. The Hall–Kier alpha value is -1.68. The Morgan fingerprint density at radius 1 is 0.917 bits per heavy atom. The van der Waals surface area contributed by atoms with E-state index >= 15 is 0 Å². The van der Waals surface area contributed by atoms with Crippen LogP contribution in [0.15, 0.2) is 30.3 Å². The van der Waals surface area contributed by atoms with Crippen LogP contribution >= 0.6 is 11.6 Å². The minimum absolute atomic E-state index is 0.0161. The molecule has 3 aliphatic rings. The average Bonchev–Trinajstić information content (AvgIpc) is 3.28. The van der Waals surface area contributed by atoms with Gasteiger partial charge in [-0.3, -0.25) is 0 Å². The van der Waals surface area contributed by atoms with Crippen LogP contribution < -0.4 is 4.46 Å². The second-order valence-electron chi connectivity index (χ2n) is 9.40. The molecular weight excluding hydrogens is 559 g/mol. The molecule has 1 aromatic carbocycles. The van der Waals surface area contributed by atoms with Gasteiger partial charge in [0.15, 0.2) is 0 Å². The molecule has 198 valence electrons. The molecule has 3 fully saturated rings. The molecule has 0 unspecified atom stereocenters. The summed E-state index contributed by atoms with van der Waals surface area (Å²) in [7, 11) is 0. The van der Waals surface area contributed by atoms with Crippen molar-refractivity contribution < 1.29 is 43.2 Å². The van der Waals surface area contributed by atoms with Gasteiger partial charge < -0.3 is 0 Å². The van der Waals surface area contributed by atoms with Gasteiger partial charge in [-0.05, 0) is 0 Å². The second-order valence-corrected chi connectivity index (χ2v) is 12.5. The number of hydrogen-bond acceptors (Lipinski definition) is 9. The van der Waals surface area contributed by atoms with Crippen molar-refractivity contribution in [2.75, 3.05) is 0 Å². The zero-order chi connectivity index (χ0) is 26.1. The van der Waals surface area contributed by atoms with Gasteiger partial charge >= 0.3 is 221 Å². The van der Waals surface area contributed by atoms with E-state index in [1.807, 2.05) is 18.2 Å². The number of esters is 3. The molecule has 0 spiro atoms. The number of alkyl halides is 1. The van der Waals surface area contributed by atoms with Crippen molar-refractivity contribution in [3.63, 3.8) is 0 Å². The molecule has 36 heavy (non-hydrogen) atoms. The first-order valence-electron chi connectivity index (χ1n) is 11.9. The van der Waals surface area contributed by atoms with Crippen molar-refractivity contribution in [2.45, 2.75) is 93.1 Å². The maximum absolute atomic E-state index is 12.0. The second kappa shape index (κ2) is 11.4. The Kier molecular flexibility index (Phi) is 8.64. The van der Waals surface area contributed by atoms with E-state index in [2.05, 4.69) is 12.1 Å². The van der Waals surface area contributed by atoms with Crippen LogP contribution in [0.25, 0.3) is 0 Å². The molecule has 0 aliphatic carbocycles. The monoisotopic (exact) mass is 590 g/mol. The van der Waals surface area contributed by atoms with Gasteiger partial charge in [0, 0.05) is 0 Å². The maximum atomic E-state index is 12.0. The van der Waals surface area contributed by atoms with Crippen LogP contribution in [-0.4, -0.2) is 92.2 Å². The van der Waals surface area contributed by atoms with Crippen LogP contribution in [0.2, 0.25) is 4.82 Å². The van der Waals surface area contributed by atoms with Crippen molar-refractivity contribution >= 4 is 48.9 Å². The fraction of sp³-hybridized carbons (Fsp3) is 0.640. The Bertz CT molecular complexity index is 962. The van der Waals surface area contributed by atoms with E-state index in [1.165, 1.54) is 25.2 Å². The van der Waals surface area contributed by atoms with E-state index in [0.29, 0.717) is 0 Å². The SMILES string of the molecule is CC(=O)O[C@@H]1[C@H](OC(C)=O)[C@H](C)O[C@@H](C[C@H]2[C@@H](O)[C@@H]3O[C@H]2[C@@H]([Se]c2ccccc2)[C@@H]3Cl)[C@H]1OC(C)=O. The van der Waals surface area contributed by atoms with E-state index in [-0.39, 0.29) is 43.6 Å². The van der Waals surface area contributed by atoms with Gasteiger partial charge in [-0.25, -0.2) is 0 Å². The predicted octanol–water partition coefficient (Wildman–Crippen LogP) is 1.14. The van der Waals surface area contributed by atoms with Crippen LogP contribution in [0.1, 0.15) is 34.1 Å². The third-order valence-electron chi connectivity index (χ3n) is 6.76. The van der Waals surface area contributed by atoms with Crippen LogP contribution in [-0.2, 0) is 38.1 Å². The molecule has 11 heteroatoms. The number of benzene rings is 1. The first-order valence-corrected chi connectivity index (χ1v) is 14.2. The molecule has 11 atom stereocenters. The third kappa shape index (κ3) is 5.74. The number of halogens is 1. The molecule has 0 aromatic heterocycles. The summed E-state index contributed by atoms with van der Waals surface area (Å²) in [4.78, 5) is 35.7. The first-order chi connectivity index (χ1) is 17.1. The molecule has 3 saturated heterocycles. The molecule has 3 heterocycles. The van der Waals surface area contributed by atoms with Gasteiger partial charge in [-0.2, -0.15) is 0 Å². The Morgan fingerprint density at radius 2 is 1.50 bits per heavy atom. The van der Waals surface area contributed by atoms with Crippen LogP contribution in [0.4, 0.5) is 0 Å². The number of ether oxygens (including phenoxy) is 5. The summed E-state index contributed by atoms with van der Waals surface area (Å²) >= 11 is 6.74. The average molecular weight is 590 g/mol. The fourth-order valence-electron chi connectivity index (χ4n) is 5.38. The Labute approximate surface area is 221 Å². The fourth-order valence-corrected chi connectivity index (χ4v) is 8.76. The van der Waals surface area contributed by atoms with Gasteiger partial charge in [-0.15, -0.1) is 0 Å². The standard InChI is InChI=1S/C25H31ClO9Se/c1-11-20(32-12(2)27)24(34-14(4)29)22(33-13(3)28)17(31-11)10-16-19(30)23-18(26)25(21(16)35-23)36-15-8-6-5-7-9-15/h5-9,11,16-25,30H,10H2,1-4H3/t11-,16-,17-,18+,19+,20+,21+,22+,23+,24+,25-/m0/s1. The quantitative estimate of drug-likeness (QED) is 0.216. The topological polar surface area (TPSA) is 118 Å². The van der Waals surface area contributed by atoms with Crippen LogP contribution in [0.3, 0.4) is 0 Å². The van der Waals surface area contributed by atoms with E-state index in [1.54, 1.807) is 6.92 Å². The number of hydrogen-bond donors (Lipinski definition) is 1. The van der Waals surface area contributed by atoms with Crippen molar-refractivity contribution in [2.24, 2.45) is 5.92 Å². The number of aliphatic hydroxyl groups is 1. The van der Waals surface area contributed by atoms with Gasteiger partial charge in [0.05, 0.1) is 0 Å². The number of carbonyl (C=O) groups is 3. The van der Waals surface area contributed by atoms with Crippen molar-refractivity contribution in [1.29, 1.82) is 0 Å². The summed E-state index contributed by atoms with van der Waals surface area (Å²) in [5.41, 5.74) is 0. The van der Waals surface area contributed by atoms with Gasteiger partial charge in [-0.1, -0.05) is 0 Å². The summed E-state index contributed by atoms with van der Waals surface area (Å²) in [5, 5.41) is 10.7. The molecule has 0 saturated carbocycles. The summed E-state index contributed by atoms with van der Waals surface area (Å²) in [6, 6.07) is 10.0. The predicted molar refractivity (Wildman–Crippen MR) is 129 cm³/mol. The van der Waals surface area contributed by atoms with Crippen molar-refractivity contribution in [3.05, 3.63) is 30.3 Å². The molecular formula is C25H31ClO9Se. The zero-order valence-corrected chi connectivity index (χ0v) is 22.9. The third-order valence-corrected chi connectivity index (χ3v) is 10.5. The molecule has 4 rings (SSSR count). The van der Waals surface area contributed by atoms with E-state index in [9.17, 15) is 19.5 Å². The summed E-state index contributed by atoms with van der Waals surface area (Å²) in [6.45, 7) is 5.41. The molecule has 1 aromatic rings. The molecule has 0 amide bonds. The molecule has 9 nitrogen and oxygen atoms in total. The van der Waals surface area contributed by atoms with E-state index in [4.69, 9.17) is 35.3 Å². The van der Waals surface area contributed by atoms with Gasteiger partial charge in [0.1, 0.15) is 0 Å². The van der Waals surface area contributed by atoms with Crippen molar-refractivity contribution in [1.82, 2.24) is 0 Å². The van der Waals surface area contributed by atoms with Crippen molar-refractivity contribution in [3.8, 4) is 0 Å². The number of rotatable bonds is 7.